The van der Waals surface area contributed by atoms with E-state index >= 15 is 0 Å². The van der Waals surface area contributed by atoms with Gasteiger partial charge in [0.1, 0.15) is 5.69 Å². The van der Waals surface area contributed by atoms with Gasteiger partial charge < -0.3 is 24.5 Å². The van der Waals surface area contributed by atoms with Crippen molar-refractivity contribution in [3.63, 3.8) is 0 Å². The van der Waals surface area contributed by atoms with E-state index in [-0.39, 0.29) is 0 Å². The van der Waals surface area contributed by atoms with E-state index in [9.17, 15) is 9.90 Å². The molecule has 4 rings (SSSR count). The average molecular weight is 445 g/mol. The number of hydrogen-bond donors (Lipinski definition) is 2. The number of carbonyl (C=O) groups is 1. The highest BCUT2D eigenvalue weighted by Crippen LogP contribution is 2.29. The lowest BCUT2D eigenvalue weighted by Gasteiger charge is -2.11. The van der Waals surface area contributed by atoms with Crippen LogP contribution < -0.4 is 14.8 Å². The molecule has 0 unspecified atom stereocenters. The maximum absolute atomic E-state index is 12.3. The molecule has 1 aromatic heterocycles. The van der Waals surface area contributed by atoms with Crippen LogP contribution in [0.5, 0.6) is 11.5 Å². The second-order valence-corrected chi connectivity index (χ2v) is 7.84. The maximum Gasteiger partial charge on any atom is 0.352 e. The number of carboxylic acid groups (broad SMARTS) is 1. The summed E-state index contributed by atoms with van der Waals surface area (Å²) < 4.78 is 12.6. The summed E-state index contributed by atoms with van der Waals surface area (Å²) in [6, 6.07) is 23.7. The summed E-state index contributed by atoms with van der Waals surface area (Å²) in [5.74, 6) is 0.484. The van der Waals surface area contributed by atoms with Gasteiger partial charge in [0.05, 0.1) is 14.2 Å². The quantitative estimate of drug-likeness (QED) is 0.346. The molecular weight excluding hydrogens is 416 g/mol. The van der Waals surface area contributed by atoms with Crippen LogP contribution in [0.2, 0.25) is 0 Å². The topological polar surface area (TPSA) is 72.7 Å². The number of nitrogens with one attached hydrogen (secondary N) is 1. The number of aromatic carboxylic acids is 1. The summed E-state index contributed by atoms with van der Waals surface area (Å²) in [7, 11) is 3.24. The van der Waals surface area contributed by atoms with Gasteiger partial charge in [-0.05, 0) is 42.3 Å². The fraction of sp³-hybridized carbons (Fsp3) is 0.222. The number of methoxy groups -OCH3 is 2. The van der Waals surface area contributed by atoms with Gasteiger partial charge in [-0.3, -0.25) is 0 Å². The van der Waals surface area contributed by atoms with Gasteiger partial charge in [0.15, 0.2) is 11.5 Å². The fourth-order valence-electron chi connectivity index (χ4n) is 4.21. The zero-order chi connectivity index (χ0) is 23.2. The predicted octanol–water partition coefficient (Wildman–Crippen LogP) is 4.74. The highest BCUT2D eigenvalue weighted by atomic mass is 16.5. The van der Waals surface area contributed by atoms with Crippen molar-refractivity contribution in [2.24, 2.45) is 0 Å². The molecule has 0 aliphatic rings. The lowest BCUT2D eigenvalue weighted by molar-refractivity contribution is 0.0684. The predicted molar refractivity (Wildman–Crippen MR) is 129 cm³/mol. The van der Waals surface area contributed by atoms with Gasteiger partial charge in [-0.2, -0.15) is 0 Å². The molecule has 0 atom stereocenters. The van der Waals surface area contributed by atoms with E-state index in [4.69, 9.17) is 9.47 Å². The van der Waals surface area contributed by atoms with Crippen LogP contribution in [-0.4, -0.2) is 36.4 Å². The summed E-state index contributed by atoms with van der Waals surface area (Å²) in [6.45, 7) is 1.68. The van der Waals surface area contributed by atoms with Crippen molar-refractivity contribution in [3.05, 3.63) is 95.2 Å². The first-order valence-corrected chi connectivity index (χ1v) is 10.9. The number of para-hydroxylation sites is 1. The van der Waals surface area contributed by atoms with Gasteiger partial charge in [-0.25, -0.2) is 4.79 Å². The molecule has 0 aliphatic carbocycles. The molecule has 2 N–H and O–H groups in total. The average Bonchev–Trinajstić information content (AvgIpc) is 3.15. The molecule has 0 spiro atoms. The second-order valence-electron chi connectivity index (χ2n) is 7.84. The number of benzene rings is 3. The first kappa shape index (κ1) is 22.4. The molecule has 33 heavy (non-hydrogen) atoms. The highest BCUT2D eigenvalue weighted by Gasteiger charge is 2.22. The van der Waals surface area contributed by atoms with Crippen LogP contribution in [0.1, 0.15) is 27.2 Å². The molecule has 0 saturated heterocycles. The Morgan fingerprint density at radius 3 is 2.36 bits per heavy atom. The standard InChI is InChI=1S/C27H28N2O4/c1-32-24-13-12-19(16-25(24)33-2)14-15-28-17-22-21-10-6-7-11-23(21)29(26(22)27(30)31)18-20-8-4-3-5-9-20/h3-13,16,28H,14-15,17-18H2,1-2H3,(H,30,31). The van der Waals surface area contributed by atoms with Gasteiger partial charge in [-0.1, -0.05) is 54.6 Å². The van der Waals surface area contributed by atoms with Crippen LogP contribution in [0.3, 0.4) is 0 Å². The number of carboxylic acids is 1. The molecule has 0 aliphatic heterocycles. The molecule has 1 heterocycles. The van der Waals surface area contributed by atoms with E-state index in [2.05, 4.69) is 5.32 Å². The monoisotopic (exact) mass is 444 g/mol. The summed E-state index contributed by atoms with van der Waals surface area (Å²) in [5.41, 5.74) is 4.24. The molecule has 0 fully saturated rings. The van der Waals surface area contributed by atoms with Crippen LogP contribution in [0.25, 0.3) is 10.9 Å². The van der Waals surface area contributed by atoms with E-state index < -0.39 is 5.97 Å². The third kappa shape index (κ3) is 4.86. The first-order valence-electron chi connectivity index (χ1n) is 10.9. The minimum atomic E-state index is -0.918. The normalized spacial score (nSPS) is 11.0. The molecule has 4 aromatic rings. The summed E-state index contributed by atoms with van der Waals surface area (Å²) >= 11 is 0. The van der Waals surface area contributed by atoms with Crippen molar-refractivity contribution in [2.75, 3.05) is 20.8 Å². The first-order chi connectivity index (χ1) is 16.1. The van der Waals surface area contributed by atoms with Gasteiger partial charge in [0.2, 0.25) is 0 Å². The Hall–Kier alpha value is -3.77. The second kappa shape index (κ2) is 10.2. The summed E-state index contributed by atoms with van der Waals surface area (Å²) in [6.07, 6.45) is 0.783. The number of fused-ring (bicyclic) bond motifs is 1. The largest absolute Gasteiger partial charge is 0.493 e. The Morgan fingerprint density at radius 1 is 0.909 bits per heavy atom. The number of nitrogens with zero attached hydrogens (tertiary/aromatic N) is 1. The number of rotatable bonds is 10. The number of ether oxygens (including phenoxy) is 2. The van der Waals surface area contributed by atoms with E-state index in [0.29, 0.717) is 36.8 Å². The van der Waals surface area contributed by atoms with Gasteiger partial charge in [0.25, 0.3) is 0 Å². The molecule has 0 radical (unpaired) electrons. The maximum atomic E-state index is 12.3. The highest BCUT2D eigenvalue weighted by molar-refractivity contribution is 5.98. The lowest BCUT2D eigenvalue weighted by atomic mass is 10.1. The van der Waals surface area contributed by atoms with Gasteiger partial charge in [-0.15, -0.1) is 0 Å². The molecule has 6 nitrogen and oxygen atoms in total. The third-order valence-electron chi connectivity index (χ3n) is 5.80. The van der Waals surface area contributed by atoms with Crippen molar-refractivity contribution in [3.8, 4) is 11.5 Å². The van der Waals surface area contributed by atoms with Crippen LogP contribution in [0.4, 0.5) is 0 Å². The van der Waals surface area contributed by atoms with Crippen molar-refractivity contribution in [2.45, 2.75) is 19.5 Å². The molecule has 0 amide bonds. The summed E-state index contributed by atoms with van der Waals surface area (Å²) in [4.78, 5) is 12.3. The number of aromatic nitrogens is 1. The van der Waals surface area contributed by atoms with Crippen molar-refractivity contribution in [1.29, 1.82) is 0 Å². The van der Waals surface area contributed by atoms with E-state index in [1.807, 2.05) is 77.4 Å². The Morgan fingerprint density at radius 2 is 1.64 bits per heavy atom. The Balaban J connectivity index is 1.55. The third-order valence-corrected chi connectivity index (χ3v) is 5.80. The van der Waals surface area contributed by atoms with Gasteiger partial charge in [0, 0.05) is 29.6 Å². The van der Waals surface area contributed by atoms with Crippen molar-refractivity contribution < 1.29 is 19.4 Å². The minimum absolute atomic E-state index is 0.332. The smallest absolute Gasteiger partial charge is 0.352 e. The van der Waals surface area contributed by atoms with Crippen LogP contribution in [0, 0.1) is 0 Å². The van der Waals surface area contributed by atoms with Crippen molar-refractivity contribution in [1.82, 2.24) is 9.88 Å². The van der Waals surface area contributed by atoms with Crippen molar-refractivity contribution >= 4 is 16.9 Å². The molecule has 6 heteroatoms. The molecular formula is C27H28N2O4. The zero-order valence-corrected chi connectivity index (χ0v) is 18.9. The molecule has 170 valence electrons. The molecule has 0 saturated carbocycles. The van der Waals surface area contributed by atoms with E-state index in [0.717, 1.165) is 34.0 Å². The fourth-order valence-corrected chi connectivity index (χ4v) is 4.21. The Kier molecular flexibility index (Phi) is 6.95. The number of hydrogen-bond acceptors (Lipinski definition) is 4. The Bertz CT molecular complexity index is 1250. The lowest BCUT2D eigenvalue weighted by Crippen LogP contribution is -2.19. The Labute approximate surface area is 193 Å². The van der Waals surface area contributed by atoms with Crippen LogP contribution >= 0.6 is 0 Å². The van der Waals surface area contributed by atoms with E-state index in [1.165, 1.54) is 0 Å². The SMILES string of the molecule is COc1ccc(CCNCc2c(C(=O)O)n(Cc3ccccc3)c3ccccc23)cc1OC. The van der Waals surface area contributed by atoms with Gasteiger partial charge >= 0.3 is 5.97 Å². The summed E-state index contributed by atoms with van der Waals surface area (Å²) in [5, 5.41) is 14.5. The van der Waals surface area contributed by atoms with E-state index in [1.54, 1.807) is 14.2 Å². The zero-order valence-electron chi connectivity index (χ0n) is 18.9. The van der Waals surface area contributed by atoms with Crippen LogP contribution in [-0.2, 0) is 19.5 Å². The molecule has 0 bridgehead atoms. The minimum Gasteiger partial charge on any atom is -0.493 e. The van der Waals surface area contributed by atoms with Crippen LogP contribution in [0.15, 0.2) is 72.8 Å². The molecule has 3 aromatic carbocycles.